The van der Waals surface area contributed by atoms with Gasteiger partial charge in [0.2, 0.25) is 0 Å². The standard InChI is InChI=1S/C7H8ClN3.C2H6/c1-10-7-5(4-9)6(8)2-3-11-7;1-2/h2-4,9H,1H3,(H,10,11);1-2H3. The van der Waals surface area contributed by atoms with Crippen LogP contribution >= 0.6 is 11.6 Å². The lowest BCUT2D eigenvalue weighted by Crippen LogP contribution is -1.97. The lowest BCUT2D eigenvalue weighted by Gasteiger charge is -2.03. The first-order valence-electron chi connectivity index (χ1n) is 4.12. The highest BCUT2D eigenvalue weighted by Crippen LogP contribution is 2.18. The maximum atomic E-state index is 7.04. The molecule has 0 fully saturated rings. The SMILES string of the molecule is CC.CNc1nccc(Cl)c1C=N. The Morgan fingerprint density at radius 3 is 2.54 bits per heavy atom. The van der Waals surface area contributed by atoms with Gasteiger partial charge in [-0.15, -0.1) is 0 Å². The summed E-state index contributed by atoms with van der Waals surface area (Å²) >= 11 is 5.78. The topological polar surface area (TPSA) is 48.8 Å². The summed E-state index contributed by atoms with van der Waals surface area (Å²) in [6.45, 7) is 4.00. The summed E-state index contributed by atoms with van der Waals surface area (Å²) in [4.78, 5) is 3.98. The number of rotatable bonds is 2. The molecule has 1 heterocycles. The van der Waals surface area contributed by atoms with Crippen molar-refractivity contribution in [3.8, 4) is 0 Å². The third kappa shape index (κ3) is 3.03. The van der Waals surface area contributed by atoms with E-state index >= 15 is 0 Å². The number of nitrogens with zero attached hydrogens (tertiary/aromatic N) is 1. The Labute approximate surface area is 83.7 Å². The quantitative estimate of drug-likeness (QED) is 0.720. The molecule has 3 nitrogen and oxygen atoms in total. The molecule has 72 valence electrons. The zero-order chi connectivity index (χ0) is 10.3. The first kappa shape index (κ1) is 11.9. The summed E-state index contributed by atoms with van der Waals surface area (Å²) < 4.78 is 0. The lowest BCUT2D eigenvalue weighted by atomic mass is 10.3. The summed E-state index contributed by atoms with van der Waals surface area (Å²) in [7, 11) is 1.74. The van der Waals surface area contributed by atoms with E-state index in [1.807, 2.05) is 13.8 Å². The van der Waals surface area contributed by atoms with Crippen LogP contribution in [0.1, 0.15) is 19.4 Å². The van der Waals surface area contributed by atoms with Gasteiger partial charge in [0.25, 0.3) is 0 Å². The average Bonchev–Trinajstić information content (AvgIpc) is 2.20. The fourth-order valence-electron chi connectivity index (χ4n) is 0.786. The van der Waals surface area contributed by atoms with Crippen LogP contribution in [0.5, 0.6) is 0 Å². The second-order valence-electron chi connectivity index (χ2n) is 1.95. The lowest BCUT2D eigenvalue weighted by molar-refractivity contribution is 1.28. The molecule has 13 heavy (non-hydrogen) atoms. The number of aromatic nitrogens is 1. The summed E-state index contributed by atoms with van der Waals surface area (Å²) in [6, 6.07) is 1.66. The molecule has 0 atom stereocenters. The zero-order valence-electron chi connectivity index (χ0n) is 8.06. The van der Waals surface area contributed by atoms with E-state index < -0.39 is 0 Å². The van der Waals surface area contributed by atoms with Gasteiger partial charge >= 0.3 is 0 Å². The molecule has 0 aliphatic rings. The zero-order valence-corrected chi connectivity index (χ0v) is 8.81. The van der Waals surface area contributed by atoms with Gasteiger partial charge in [-0.1, -0.05) is 25.4 Å². The van der Waals surface area contributed by atoms with Gasteiger partial charge in [0.1, 0.15) is 5.82 Å². The van der Waals surface area contributed by atoms with Crippen LogP contribution in [-0.4, -0.2) is 18.2 Å². The molecule has 1 aromatic rings. The molecule has 0 bridgehead atoms. The highest BCUT2D eigenvalue weighted by atomic mass is 35.5. The maximum Gasteiger partial charge on any atom is 0.136 e. The molecule has 0 amide bonds. The molecule has 0 saturated carbocycles. The Morgan fingerprint density at radius 2 is 2.15 bits per heavy atom. The van der Waals surface area contributed by atoms with Gasteiger partial charge in [-0.25, -0.2) is 4.98 Å². The molecular formula is C9H14ClN3. The molecule has 1 aromatic heterocycles. The van der Waals surface area contributed by atoms with Crippen molar-refractivity contribution in [1.29, 1.82) is 5.41 Å². The van der Waals surface area contributed by atoms with E-state index in [9.17, 15) is 0 Å². The number of hydrogen-bond acceptors (Lipinski definition) is 3. The van der Waals surface area contributed by atoms with Crippen LogP contribution in [0.25, 0.3) is 0 Å². The smallest absolute Gasteiger partial charge is 0.136 e. The monoisotopic (exact) mass is 199 g/mol. The molecule has 2 N–H and O–H groups in total. The fourth-order valence-corrected chi connectivity index (χ4v) is 0.987. The van der Waals surface area contributed by atoms with E-state index in [4.69, 9.17) is 17.0 Å². The average molecular weight is 200 g/mol. The molecule has 0 spiro atoms. The molecule has 0 saturated heterocycles. The first-order valence-corrected chi connectivity index (χ1v) is 4.50. The second kappa shape index (κ2) is 6.43. The largest absolute Gasteiger partial charge is 0.373 e. The molecule has 0 unspecified atom stereocenters. The minimum Gasteiger partial charge on any atom is -0.373 e. The predicted octanol–water partition coefficient (Wildman–Crippen LogP) is 2.80. The van der Waals surface area contributed by atoms with E-state index in [0.717, 1.165) is 0 Å². The van der Waals surface area contributed by atoms with E-state index in [-0.39, 0.29) is 0 Å². The third-order valence-corrected chi connectivity index (χ3v) is 1.65. The number of hydrogen-bond donors (Lipinski definition) is 2. The number of anilines is 1. The first-order chi connectivity index (χ1) is 6.29. The summed E-state index contributed by atoms with van der Waals surface area (Å²) in [6.07, 6.45) is 2.78. The van der Waals surface area contributed by atoms with Gasteiger partial charge in [0.15, 0.2) is 0 Å². The van der Waals surface area contributed by atoms with Crippen LogP contribution in [-0.2, 0) is 0 Å². The normalized spacial score (nSPS) is 8.31. The molecule has 0 aromatic carbocycles. The van der Waals surface area contributed by atoms with Crippen LogP contribution in [0, 0.1) is 5.41 Å². The van der Waals surface area contributed by atoms with Gasteiger partial charge in [0.05, 0.1) is 10.6 Å². The van der Waals surface area contributed by atoms with Crippen LogP contribution < -0.4 is 5.32 Å². The van der Waals surface area contributed by atoms with Gasteiger partial charge in [-0.05, 0) is 6.07 Å². The van der Waals surface area contributed by atoms with Crippen molar-refractivity contribution < 1.29 is 0 Å². The molecule has 1 rings (SSSR count). The Kier molecular flexibility index (Phi) is 5.89. The maximum absolute atomic E-state index is 7.04. The summed E-state index contributed by atoms with van der Waals surface area (Å²) in [5.41, 5.74) is 0.622. The highest BCUT2D eigenvalue weighted by molar-refractivity contribution is 6.33. The molecule has 0 radical (unpaired) electrons. The van der Waals surface area contributed by atoms with Crippen molar-refractivity contribution >= 4 is 23.6 Å². The van der Waals surface area contributed by atoms with Gasteiger partial charge < -0.3 is 10.7 Å². The van der Waals surface area contributed by atoms with E-state index in [1.165, 1.54) is 6.21 Å². The van der Waals surface area contributed by atoms with Crippen molar-refractivity contribution in [3.05, 3.63) is 22.8 Å². The number of pyridine rings is 1. The van der Waals surface area contributed by atoms with Gasteiger partial charge in [0, 0.05) is 19.5 Å². The van der Waals surface area contributed by atoms with Crippen molar-refractivity contribution in [2.75, 3.05) is 12.4 Å². The minimum atomic E-state index is 0.541. The van der Waals surface area contributed by atoms with Crippen molar-refractivity contribution in [3.63, 3.8) is 0 Å². The summed E-state index contributed by atoms with van der Waals surface area (Å²) in [5.74, 6) is 0.632. The van der Waals surface area contributed by atoms with Crippen LogP contribution in [0.15, 0.2) is 12.3 Å². The van der Waals surface area contributed by atoms with Crippen LogP contribution in [0.4, 0.5) is 5.82 Å². The Hall–Kier alpha value is -1.09. The number of nitrogens with one attached hydrogen (secondary N) is 2. The predicted molar refractivity (Wildman–Crippen MR) is 58.0 cm³/mol. The van der Waals surface area contributed by atoms with Crippen molar-refractivity contribution in [2.45, 2.75) is 13.8 Å². The molecule has 0 aliphatic carbocycles. The van der Waals surface area contributed by atoms with Crippen molar-refractivity contribution in [2.24, 2.45) is 0 Å². The van der Waals surface area contributed by atoms with E-state index in [0.29, 0.717) is 16.4 Å². The molecular weight excluding hydrogens is 186 g/mol. The Morgan fingerprint density at radius 1 is 1.54 bits per heavy atom. The summed E-state index contributed by atoms with van der Waals surface area (Å²) in [5, 5.41) is 10.4. The molecule has 0 aliphatic heterocycles. The second-order valence-corrected chi connectivity index (χ2v) is 2.36. The fraction of sp³-hybridized carbons (Fsp3) is 0.333. The van der Waals surface area contributed by atoms with E-state index in [1.54, 1.807) is 19.3 Å². The minimum absolute atomic E-state index is 0.541. The van der Waals surface area contributed by atoms with Gasteiger partial charge in [-0.3, -0.25) is 0 Å². The molecule has 4 heteroatoms. The van der Waals surface area contributed by atoms with Crippen LogP contribution in [0.2, 0.25) is 5.02 Å². The van der Waals surface area contributed by atoms with Gasteiger partial charge in [-0.2, -0.15) is 0 Å². The van der Waals surface area contributed by atoms with E-state index in [2.05, 4.69) is 10.3 Å². The highest BCUT2D eigenvalue weighted by Gasteiger charge is 2.02. The Balaban J connectivity index is 0.000000671. The van der Waals surface area contributed by atoms with Crippen molar-refractivity contribution in [1.82, 2.24) is 4.98 Å². The third-order valence-electron chi connectivity index (χ3n) is 1.32. The number of halogens is 1. The van der Waals surface area contributed by atoms with Crippen LogP contribution in [0.3, 0.4) is 0 Å². The Bertz CT molecular complexity index is 274.